The third-order valence-electron chi connectivity index (χ3n) is 2.49. The molecule has 0 saturated heterocycles. The van der Waals surface area contributed by atoms with Crippen molar-refractivity contribution >= 4 is 11.7 Å². The molecule has 1 rings (SSSR count). The predicted molar refractivity (Wildman–Crippen MR) is 69.1 cm³/mol. The number of nitrogens with zero attached hydrogens (tertiary/aromatic N) is 1. The Morgan fingerprint density at radius 1 is 1.50 bits per heavy atom. The van der Waals surface area contributed by atoms with Crippen LogP contribution in [0.4, 0.5) is 0 Å². The highest BCUT2D eigenvalue weighted by Crippen LogP contribution is 2.05. The van der Waals surface area contributed by atoms with E-state index in [-0.39, 0.29) is 17.8 Å². The second-order valence-corrected chi connectivity index (χ2v) is 4.14. The molecule has 0 saturated carbocycles. The first-order valence-electron chi connectivity index (χ1n) is 5.61. The maximum Gasteiger partial charge on any atom is 0.218 e. The Morgan fingerprint density at radius 2 is 2.22 bits per heavy atom. The fourth-order valence-electron chi connectivity index (χ4n) is 1.56. The SMILES string of the molecule is CC(CC(N)=O)NCc1cccc(/C(N)=N/O)c1. The van der Waals surface area contributed by atoms with Crippen LogP contribution in [0.2, 0.25) is 0 Å². The average Bonchev–Trinajstić information content (AvgIpc) is 2.35. The van der Waals surface area contributed by atoms with Crippen LogP contribution in [0, 0.1) is 0 Å². The number of oxime groups is 1. The molecule has 0 aliphatic heterocycles. The van der Waals surface area contributed by atoms with Crippen molar-refractivity contribution in [1.29, 1.82) is 0 Å². The molecule has 0 aliphatic carbocycles. The highest BCUT2D eigenvalue weighted by Gasteiger charge is 2.06. The molecule has 1 atom stereocenters. The van der Waals surface area contributed by atoms with Gasteiger partial charge < -0.3 is 22.0 Å². The van der Waals surface area contributed by atoms with Gasteiger partial charge in [-0.25, -0.2) is 0 Å². The van der Waals surface area contributed by atoms with Crippen molar-refractivity contribution in [3.63, 3.8) is 0 Å². The third-order valence-corrected chi connectivity index (χ3v) is 2.49. The van der Waals surface area contributed by atoms with E-state index in [9.17, 15) is 4.79 Å². The molecule has 1 amide bonds. The second kappa shape index (κ2) is 6.61. The van der Waals surface area contributed by atoms with Crippen LogP contribution in [0.1, 0.15) is 24.5 Å². The molecule has 0 spiro atoms. The highest BCUT2D eigenvalue weighted by molar-refractivity contribution is 5.97. The molecule has 0 fully saturated rings. The largest absolute Gasteiger partial charge is 0.409 e. The lowest BCUT2D eigenvalue weighted by atomic mass is 10.1. The van der Waals surface area contributed by atoms with Gasteiger partial charge in [-0.2, -0.15) is 0 Å². The Morgan fingerprint density at radius 3 is 2.83 bits per heavy atom. The van der Waals surface area contributed by atoms with Gasteiger partial charge in [-0.1, -0.05) is 23.4 Å². The standard InChI is InChI=1S/C12H18N4O2/c1-8(5-11(13)17)15-7-9-3-2-4-10(6-9)12(14)16-18/h2-4,6,8,15,18H,5,7H2,1H3,(H2,13,17)(H2,14,16). The molecule has 0 heterocycles. The fraction of sp³-hybridized carbons (Fsp3) is 0.333. The summed E-state index contributed by atoms with van der Waals surface area (Å²) in [4.78, 5) is 10.7. The number of hydrogen-bond acceptors (Lipinski definition) is 4. The number of rotatable bonds is 6. The number of amidine groups is 1. The minimum Gasteiger partial charge on any atom is -0.409 e. The first kappa shape index (κ1) is 14.0. The van der Waals surface area contributed by atoms with Gasteiger partial charge in [0, 0.05) is 24.6 Å². The zero-order chi connectivity index (χ0) is 13.5. The minimum atomic E-state index is -0.333. The summed E-state index contributed by atoms with van der Waals surface area (Å²) < 4.78 is 0. The molecule has 98 valence electrons. The Labute approximate surface area is 106 Å². The topological polar surface area (TPSA) is 114 Å². The van der Waals surface area contributed by atoms with Crippen LogP contribution < -0.4 is 16.8 Å². The lowest BCUT2D eigenvalue weighted by Crippen LogP contribution is -2.30. The van der Waals surface area contributed by atoms with Gasteiger partial charge in [-0.3, -0.25) is 4.79 Å². The minimum absolute atomic E-state index is 0.00927. The molecule has 0 bridgehead atoms. The van der Waals surface area contributed by atoms with Gasteiger partial charge in [0.05, 0.1) is 0 Å². The molecule has 6 N–H and O–H groups in total. The van der Waals surface area contributed by atoms with Crippen molar-refractivity contribution in [1.82, 2.24) is 5.32 Å². The van der Waals surface area contributed by atoms with E-state index in [0.717, 1.165) is 5.56 Å². The van der Waals surface area contributed by atoms with E-state index >= 15 is 0 Å². The van der Waals surface area contributed by atoms with E-state index < -0.39 is 0 Å². The van der Waals surface area contributed by atoms with E-state index in [2.05, 4.69) is 10.5 Å². The van der Waals surface area contributed by atoms with Crippen LogP contribution in [-0.2, 0) is 11.3 Å². The van der Waals surface area contributed by atoms with Gasteiger partial charge in [-0.05, 0) is 18.6 Å². The molecule has 1 unspecified atom stereocenters. The van der Waals surface area contributed by atoms with E-state index in [0.29, 0.717) is 18.5 Å². The summed E-state index contributed by atoms with van der Waals surface area (Å²) >= 11 is 0. The van der Waals surface area contributed by atoms with Crippen LogP contribution >= 0.6 is 0 Å². The first-order valence-corrected chi connectivity index (χ1v) is 5.61. The average molecular weight is 250 g/mol. The normalized spacial score (nSPS) is 13.3. The monoisotopic (exact) mass is 250 g/mol. The van der Waals surface area contributed by atoms with Crippen LogP contribution in [-0.4, -0.2) is 23.0 Å². The van der Waals surface area contributed by atoms with E-state index in [1.165, 1.54) is 0 Å². The van der Waals surface area contributed by atoms with Crippen LogP contribution in [0.5, 0.6) is 0 Å². The van der Waals surface area contributed by atoms with Crippen LogP contribution in [0.3, 0.4) is 0 Å². The zero-order valence-electron chi connectivity index (χ0n) is 10.3. The third kappa shape index (κ3) is 4.42. The number of nitrogens with one attached hydrogen (secondary N) is 1. The van der Waals surface area contributed by atoms with Crippen molar-refractivity contribution in [2.75, 3.05) is 0 Å². The van der Waals surface area contributed by atoms with Gasteiger partial charge in [0.1, 0.15) is 0 Å². The lowest BCUT2D eigenvalue weighted by Gasteiger charge is -2.12. The number of benzene rings is 1. The number of carbonyl (C=O) groups excluding carboxylic acids is 1. The van der Waals surface area contributed by atoms with Crippen LogP contribution in [0.15, 0.2) is 29.4 Å². The molecular weight excluding hydrogens is 232 g/mol. The Hall–Kier alpha value is -2.08. The number of amides is 1. The maximum absolute atomic E-state index is 10.7. The van der Waals surface area contributed by atoms with Crippen molar-refractivity contribution in [3.8, 4) is 0 Å². The number of carbonyl (C=O) groups is 1. The van der Waals surface area contributed by atoms with Crippen molar-refractivity contribution in [2.45, 2.75) is 25.9 Å². The first-order chi connectivity index (χ1) is 8.52. The molecule has 6 nitrogen and oxygen atoms in total. The summed E-state index contributed by atoms with van der Waals surface area (Å²) in [6.07, 6.45) is 0.292. The van der Waals surface area contributed by atoms with Crippen LogP contribution in [0.25, 0.3) is 0 Å². The van der Waals surface area contributed by atoms with Gasteiger partial charge in [-0.15, -0.1) is 0 Å². The molecule has 18 heavy (non-hydrogen) atoms. The molecule has 0 aliphatic rings. The lowest BCUT2D eigenvalue weighted by molar-refractivity contribution is -0.118. The molecule has 1 aromatic rings. The molecule has 0 aromatic heterocycles. The van der Waals surface area contributed by atoms with Gasteiger partial charge in [0.15, 0.2) is 5.84 Å². The summed E-state index contributed by atoms with van der Waals surface area (Å²) in [5.74, 6) is -0.262. The van der Waals surface area contributed by atoms with Crippen molar-refractivity contribution < 1.29 is 10.0 Å². The van der Waals surface area contributed by atoms with E-state index in [1.54, 1.807) is 6.07 Å². The Kier molecular flexibility index (Phi) is 5.13. The molecule has 1 aromatic carbocycles. The second-order valence-electron chi connectivity index (χ2n) is 4.14. The highest BCUT2D eigenvalue weighted by atomic mass is 16.4. The van der Waals surface area contributed by atoms with Gasteiger partial charge >= 0.3 is 0 Å². The summed E-state index contributed by atoms with van der Waals surface area (Å²) in [5, 5.41) is 14.7. The number of hydrogen-bond donors (Lipinski definition) is 4. The quantitative estimate of drug-likeness (QED) is 0.249. The maximum atomic E-state index is 10.7. The predicted octanol–water partition coefficient (Wildman–Crippen LogP) is 0.135. The van der Waals surface area contributed by atoms with Crippen molar-refractivity contribution in [3.05, 3.63) is 35.4 Å². The van der Waals surface area contributed by atoms with Crippen molar-refractivity contribution in [2.24, 2.45) is 16.6 Å². The molecular formula is C12H18N4O2. The molecule has 0 radical (unpaired) electrons. The number of primary amides is 1. The number of nitrogens with two attached hydrogens (primary N) is 2. The summed E-state index contributed by atoms with van der Waals surface area (Å²) in [6.45, 7) is 2.47. The summed E-state index contributed by atoms with van der Waals surface area (Å²) in [6, 6.07) is 7.32. The van der Waals surface area contributed by atoms with Gasteiger partial charge in [0.2, 0.25) is 5.91 Å². The Bertz CT molecular complexity index is 445. The smallest absolute Gasteiger partial charge is 0.218 e. The fourth-order valence-corrected chi connectivity index (χ4v) is 1.56. The Balaban J connectivity index is 2.60. The molecule has 6 heteroatoms. The summed E-state index contributed by atoms with van der Waals surface area (Å²) in [7, 11) is 0. The van der Waals surface area contributed by atoms with E-state index in [4.69, 9.17) is 16.7 Å². The van der Waals surface area contributed by atoms with Gasteiger partial charge in [0.25, 0.3) is 0 Å². The van der Waals surface area contributed by atoms with E-state index in [1.807, 2.05) is 25.1 Å². The summed E-state index contributed by atoms with van der Waals surface area (Å²) in [5.41, 5.74) is 12.2. The zero-order valence-corrected chi connectivity index (χ0v) is 10.3.